The van der Waals surface area contributed by atoms with Crippen LogP contribution < -0.4 is 15.0 Å². The van der Waals surface area contributed by atoms with Gasteiger partial charge >= 0.3 is 0 Å². The van der Waals surface area contributed by atoms with Gasteiger partial charge in [-0.05, 0) is 32.0 Å². The van der Waals surface area contributed by atoms with Crippen LogP contribution in [-0.4, -0.2) is 50.6 Å². The number of amides is 1. The molecule has 0 saturated carbocycles. The quantitative estimate of drug-likeness (QED) is 0.876. The van der Waals surface area contributed by atoms with Crippen molar-refractivity contribution in [1.82, 2.24) is 4.90 Å². The highest BCUT2D eigenvalue weighted by Crippen LogP contribution is 2.31. The van der Waals surface area contributed by atoms with Gasteiger partial charge < -0.3 is 19.9 Å². The average Bonchev–Trinajstić information content (AvgIpc) is 2.49. The topological polar surface area (TPSA) is 44.8 Å². The van der Waals surface area contributed by atoms with Crippen molar-refractivity contribution in [3.05, 3.63) is 18.2 Å². The maximum absolute atomic E-state index is 12.0. The number of carbonyl (C=O) groups is 1. The van der Waals surface area contributed by atoms with E-state index in [2.05, 4.69) is 28.2 Å². The van der Waals surface area contributed by atoms with E-state index in [1.54, 1.807) is 0 Å². The van der Waals surface area contributed by atoms with Crippen LogP contribution in [0.1, 0.15) is 27.2 Å². The van der Waals surface area contributed by atoms with Gasteiger partial charge in [0.25, 0.3) is 0 Å². The van der Waals surface area contributed by atoms with E-state index in [-0.39, 0.29) is 5.91 Å². The Morgan fingerprint density at radius 1 is 1.26 bits per heavy atom. The Morgan fingerprint density at radius 3 is 2.57 bits per heavy atom. The molecule has 1 fully saturated rings. The Kier molecular flexibility index (Phi) is 6.28. The molecule has 2 rings (SSSR count). The predicted octanol–water partition coefficient (Wildman–Crippen LogP) is 2.82. The molecule has 5 nitrogen and oxygen atoms in total. The van der Waals surface area contributed by atoms with Gasteiger partial charge in [-0.3, -0.25) is 4.79 Å². The molecular weight excluding hydrogens is 290 g/mol. The lowest BCUT2D eigenvalue weighted by molar-refractivity contribution is -0.116. The lowest BCUT2D eigenvalue weighted by Gasteiger charge is -2.34. The number of carbonyl (C=O) groups excluding carboxylic acids is 1. The van der Waals surface area contributed by atoms with Crippen LogP contribution in [0.4, 0.5) is 11.4 Å². The second-order valence-corrected chi connectivity index (χ2v) is 6.55. The summed E-state index contributed by atoms with van der Waals surface area (Å²) in [5.41, 5.74) is 1.92. The summed E-state index contributed by atoms with van der Waals surface area (Å²) in [5.74, 6) is 1.13. The number of nitrogens with one attached hydrogen (secondary N) is 1. The lowest BCUT2D eigenvalue weighted by atomic mass is 10.1. The van der Waals surface area contributed by atoms with Crippen molar-refractivity contribution in [3.63, 3.8) is 0 Å². The fourth-order valence-corrected chi connectivity index (χ4v) is 2.72. The van der Waals surface area contributed by atoms with Crippen molar-refractivity contribution in [2.45, 2.75) is 27.2 Å². The average molecular weight is 319 g/mol. The molecule has 1 amide bonds. The third kappa shape index (κ3) is 5.13. The molecule has 0 radical (unpaired) electrons. The summed E-state index contributed by atoms with van der Waals surface area (Å²) in [6, 6.07) is 6.06. The zero-order valence-electron chi connectivity index (χ0n) is 14.8. The smallest absolute Gasteiger partial charge is 0.224 e. The van der Waals surface area contributed by atoms with Gasteiger partial charge in [-0.25, -0.2) is 0 Å². The Balaban J connectivity index is 2.12. The highest BCUT2D eigenvalue weighted by Gasteiger charge is 2.17. The van der Waals surface area contributed by atoms with E-state index in [4.69, 9.17) is 4.74 Å². The van der Waals surface area contributed by atoms with Crippen LogP contribution in [0.3, 0.4) is 0 Å². The number of piperazine rings is 1. The first-order chi connectivity index (χ1) is 11.0. The number of nitrogens with zero attached hydrogens (tertiary/aromatic N) is 2. The van der Waals surface area contributed by atoms with E-state index < -0.39 is 0 Å². The van der Waals surface area contributed by atoms with E-state index >= 15 is 0 Å². The summed E-state index contributed by atoms with van der Waals surface area (Å²) in [6.45, 7) is 10.8. The second-order valence-electron chi connectivity index (χ2n) is 6.55. The molecule has 5 heteroatoms. The van der Waals surface area contributed by atoms with Gasteiger partial charge in [0.05, 0.1) is 12.3 Å². The molecule has 1 N–H and O–H groups in total. The van der Waals surface area contributed by atoms with Gasteiger partial charge in [0.1, 0.15) is 5.75 Å². The summed E-state index contributed by atoms with van der Waals surface area (Å²) in [4.78, 5) is 16.7. The zero-order chi connectivity index (χ0) is 16.8. The number of hydrogen-bond donors (Lipinski definition) is 1. The van der Waals surface area contributed by atoms with Crippen LogP contribution in [0.5, 0.6) is 5.75 Å². The first-order valence-corrected chi connectivity index (χ1v) is 8.49. The van der Waals surface area contributed by atoms with Gasteiger partial charge in [0.2, 0.25) is 5.91 Å². The van der Waals surface area contributed by atoms with E-state index in [9.17, 15) is 4.79 Å². The minimum absolute atomic E-state index is 0.0355. The largest absolute Gasteiger partial charge is 0.492 e. The maximum atomic E-state index is 12.0. The number of hydrogen-bond acceptors (Lipinski definition) is 4. The first kappa shape index (κ1) is 17.6. The SMILES string of the molecule is CCOc1cc(N2CCN(C)CC2)ccc1NC(=O)CC(C)C. The third-order valence-electron chi connectivity index (χ3n) is 4.00. The molecular formula is C18H29N3O2. The number of rotatable bonds is 6. The second kappa shape index (κ2) is 8.20. The van der Waals surface area contributed by atoms with Crippen molar-refractivity contribution in [2.24, 2.45) is 5.92 Å². The van der Waals surface area contributed by atoms with Crippen LogP contribution in [0.25, 0.3) is 0 Å². The van der Waals surface area contributed by atoms with Crippen molar-refractivity contribution in [3.8, 4) is 5.75 Å². The van der Waals surface area contributed by atoms with E-state index in [0.717, 1.165) is 43.3 Å². The van der Waals surface area contributed by atoms with Gasteiger partial charge in [-0.1, -0.05) is 13.8 Å². The number of likely N-dealkylation sites (N-methyl/N-ethyl adjacent to an activating group) is 1. The molecule has 23 heavy (non-hydrogen) atoms. The molecule has 1 aromatic rings. The molecule has 0 unspecified atom stereocenters. The Hall–Kier alpha value is -1.75. The fraction of sp³-hybridized carbons (Fsp3) is 0.611. The van der Waals surface area contributed by atoms with Gasteiger partial charge in [0.15, 0.2) is 0 Å². The van der Waals surface area contributed by atoms with Crippen molar-refractivity contribution in [1.29, 1.82) is 0 Å². The molecule has 1 heterocycles. The third-order valence-corrected chi connectivity index (χ3v) is 4.00. The van der Waals surface area contributed by atoms with Crippen LogP contribution in [0.2, 0.25) is 0 Å². The van der Waals surface area contributed by atoms with Crippen molar-refractivity contribution in [2.75, 3.05) is 50.1 Å². The van der Waals surface area contributed by atoms with E-state index in [1.807, 2.05) is 32.9 Å². The Labute approximate surface area is 139 Å². The van der Waals surface area contributed by atoms with Gasteiger partial charge in [-0.2, -0.15) is 0 Å². The molecule has 0 aromatic heterocycles. The summed E-state index contributed by atoms with van der Waals surface area (Å²) in [7, 11) is 2.15. The molecule has 0 atom stereocenters. The van der Waals surface area contributed by atoms with Crippen molar-refractivity contribution >= 4 is 17.3 Å². The fourth-order valence-electron chi connectivity index (χ4n) is 2.72. The number of anilines is 2. The maximum Gasteiger partial charge on any atom is 0.224 e. The molecule has 0 bridgehead atoms. The van der Waals surface area contributed by atoms with E-state index in [1.165, 1.54) is 0 Å². The number of ether oxygens (including phenoxy) is 1. The highest BCUT2D eigenvalue weighted by atomic mass is 16.5. The molecule has 1 aromatic carbocycles. The molecule has 128 valence electrons. The predicted molar refractivity (Wildman–Crippen MR) is 95.4 cm³/mol. The minimum Gasteiger partial charge on any atom is -0.492 e. The highest BCUT2D eigenvalue weighted by molar-refractivity contribution is 5.92. The molecule has 0 aliphatic carbocycles. The van der Waals surface area contributed by atoms with Crippen LogP contribution in [-0.2, 0) is 4.79 Å². The molecule has 1 saturated heterocycles. The van der Waals surface area contributed by atoms with Crippen LogP contribution >= 0.6 is 0 Å². The normalized spacial score (nSPS) is 15.8. The minimum atomic E-state index is 0.0355. The summed E-state index contributed by atoms with van der Waals surface area (Å²) in [5, 5.41) is 2.97. The van der Waals surface area contributed by atoms with Crippen molar-refractivity contribution < 1.29 is 9.53 Å². The summed E-state index contributed by atoms with van der Waals surface area (Å²) >= 11 is 0. The zero-order valence-corrected chi connectivity index (χ0v) is 14.8. The van der Waals surface area contributed by atoms with Crippen LogP contribution in [0, 0.1) is 5.92 Å². The summed E-state index contributed by atoms with van der Waals surface area (Å²) in [6.07, 6.45) is 0.520. The molecule has 0 spiro atoms. The lowest BCUT2D eigenvalue weighted by Crippen LogP contribution is -2.44. The number of benzene rings is 1. The van der Waals surface area contributed by atoms with E-state index in [0.29, 0.717) is 18.9 Å². The first-order valence-electron chi connectivity index (χ1n) is 8.49. The monoisotopic (exact) mass is 319 g/mol. The van der Waals surface area contributed by atoms with Gasteiger partial charge in [-0.15, -0.1) is 0 Å². The molecule has 1 aliphatic rings. The standard InChI is InChI=1S/C18H29N3O2/c1-5-23-17-13-15(21-10-8-20(4)9-11-21)6-7-16(17)19-18(22)12-14(2)3/h6-7,13-14H,5,8-12H2,1-4H3,(H,19,22). The Morgan fingerprint density at radius 2 is 1.96 bits per heavy atom. The summed E-state index contributed by atoms with van der Waals surface area (Å²) < 4.78 is 5.74. The molecule has 1 aliphatic heterocycles. The van der Waals surface area contributed by atoms with Crippen LogP contribution in [0.15, 0.2) is 18.2 Å². The van der Waals surface area contributed by atoms with Gasteiger partial charge in [0, 0.05) is 44.4 Å². The Bertz CT molecular complexity index is 523.